The van der Waals surface area contributed by atoms with Crippen molar-refractivity contribution in [1.82, 2.24) is 4.98 Å². The van der Waals surface area contributed by atoms with E-state index in [4.69, 9.17) is 16.9 Å². The summed E-state index contributed by atoms with van der Waals surface area (Å²) in [7, 11) is 0. The molecule has 0 aliphatic carbocycles. The van der Waals surface area contributed by atoms with Crippen molar-refractivity contribution in [2.75, 3.05) is 0 Å². The van der Waals surface area contributed by atoms with Crippen LogP contribution in [0.15, 0.2) is 36.5 Å². The Morgan fingerprint density at radius 1 is 1.25 bits per heavy atom. The van der Waals surface area contributed by atoms with Crippen molar-refractivity contribution in [3.8, 4) is 17.2 Å². The average Bonchev–Trinajstić information content (AvgIpc) is 2.29. The van der Waals surface area contributed by atoms with Gasteiger partial charge in [-0.15, -0.1) is 0 Å². The van der Waals surface area contributed by atoms with Crippen LogP contribution < -0.4 is 0 Å². The third-order valence-electron chi connectivity index (χ3n) is 2.12. The van der Waals surface area contributed by atoms with E-state index >= 15 is 0 Å². The first-order valence-corrected chi connectivity index (χ1v) is 4.90. The van der Waals surface area contributed by atoms with Crippen LogP contribution in [0.2, 0.25) is 5.15 Å². The summed E-state index contributed by atoms with van der Waals surface area (Å²) in [5.41, 5.74) is 1.62. The number of hydrogen-bond donors (Lipinski definition) is 0. The molecule has 0 N–H and O–H groups in total. The third-order valence-corrected chi connectivity index (χ3v) is 2.42. The maximum absolute atomic E-state index is 13.0. The van der Waals surface area contributed by atoms with E-state index in [-0.39, 0.29) is 16.5 Å². The summed E-state index contributed by atoms with van der Waals surface area (Å²) < 4.78 is 13.0. The lowest BCUT2D eigenvalue weighted by Crippen LogP contribution is -1.86. The SMILES string of the molecule is N#Cc1cc(-c2cccc(F)c2)cnc1Cl. The van der Waals surface area contributed by atoms with Crippen molar-refractivity contribution in [3.05, 3.63) is 53.1 Å². The molecule has 0 aliphatic heterocycles. The monoisotopic (exact) mass is 232 g/mol. The largest absolute Gasteiger partial charge is 0.243 e. The van der Waals surface area contributed by atoms with Gasteiger partial charge in [0, 0.05) is 11.8 Å². The van der Waals surface area contributed by atoms with Gasteiger partial charge < -0.3 is 0 Å². The number of halogens is 2. The predicted molar refractivity (Wildman–Crippen MR) is 59.4 cm³/mol. The second-order valence-corrected chi connectivity index (χ2v) is 3.54. The maximum atomic E-state index is 13.0. The van der Waals surface area contributed by atoms with Gasteiger partial charge in [-0.25, -0.2) is 9.37 Å². The average molecular weight is 233 g/mol. The van der Waals surface area contributed by atoms with Gasteiger partial charge in [0.1, 0.15) is 17.0 Å². The molecule has 78 valence electrons. The first-order valence-electron chi connectivity index (χ1n) is 4.52. The summed E-state index contributed by atoms with van der Waals surface area (Å²) in [6, 6.07) is 9.61. The number of rotatable bonds is 1. The zero-order chi connectivity index (χ0) is 11.5. The number of nitriles is 1. The zero-order valence-electron chi connectivity index (χ0n) is 8.11. The van der Waals surface area contributed by atoms with Gasteiger partial charge in [0.05, 0.1) is 5.56 Å². The Balaban J connectivity index is 2.54. The topological polar surface area (TPSA) is 36.7 Å². The van der Waals surface area contributed by atoms with Crippen LogP contribution in [0.3, 0.4) is 0 Å². The maximum Gasteiger partial charge on any atom is 0.146 e. The number of nitrogens with zero attached hydrogens (tertiary/aromatic N) is 2. The molecule has 16 heavy (non-hydrogen) atoms. The van der Waals surface area contributed by atoms with Gasteiger partial charge >= 0.3 is 0 Å². The first-order chi connectivity index (χ1) is 7.70. The molecular formula is C12H6ClFN2. The fourth-order valence-corrected chi connectivity index (χ4v) is 1.50. The summed E-state index contributed by atoms with van der Waals surface area (Å²) in [4.78, 5) is 3.88. The molecule has 0 spiro atoms. The molecule has 1 aromatic carbocycles. The van der Waals surface area contributed by atoms with Gasteiger partial charge in [-0.3, -0.25) is 0 Å². The lowest BCUT2D eigenvalue weighted by Gasteiger charge is -2.02. The van der Waals surface area contributed by atoms with Crippen molar-refractivity contribution in [3.63, 3.8) is 0 Å². The fourth-order valence-electron chi connectivity index (χ4n) is 1.35. The van der Waals surface area contributed by atoms with Gasteiger partial charge in [0.15, 0.2) is 0 Å². The van der Waals surface area contributed by atoms with Crippen molar-refractivity contribution < 1.29 is 4.39 Å². The van der Waals surface area contributed by atoms with Crippen LogP contribution in [-0.2, 0) is 0 Å². The second kappa shape index (κ2) is 4.30. The number of benzene rings is 1. The fraction of sp³-hybridized carbons (Fsp3) is 0. The highest BCUT2D eigenvalue weighted by atomic mass is 35.5. The van der Waals surface area contributed by atoms with E-state index in [1.807, 2.05) is 6.07 Å². The summed E-state index contributed by atoms with van der Waals surface area (Å²) in [5.74, 6) is -0.328. The van der Waals surface area contributed by atoms with E-state index < -0.39 is 0 Å². The molecule has 0 saturated carbocycles. The van der Waals surface area contributed by atoms with Gasteiger partial charge in [-0.2, -0.15) is 5.26 Å². The molecule has 0 fully saturated rings. The minimum Gasteiger partial charge on any atom is -0.243 e. The van der Waals surface area contributed by atoms with E-state index in [0.29, 0.717) is 11.1 Å². The van der Waals surface area contributed by atoms with Crippen molar-refractivity contribution in [2.24, 2.45) is 0 Å². The molecule has 0 unspecified atom stereocenters. The molecule has 4 heteroatoms. The molecule has 2 rings (SSSR count). The molecule has 1 aromatic heterocycles. The molecule has 0 atom stereocenters. The highest BCUT2D eigenvalue weighted by Crippen LogP contribution is 2.23. The van der Waals surface area contributed by atoms with E-state index in [1.54, 1.807) is 18.2 Å². The lowest BCUT2D eigenvalue weighted by molar-refractivity contribution is 0.628. The second-order valence-electron chi connectivity index (χ2n) is 3.18. The van der Waals surface area contributed by atoms with E-state index in [9.17, 15) is 4.39 Å². The van der Waals surface area contributed by atoms with E-state index in [1.165, 1.54) is 18.3 Å². The Kier molecular flexibility index (Phi) is 2.84. The van der Waals surface area contributed by atoms with Crippen LogP contribution >= 0.6 is 11.6 Å². The number of hydrogen-bond acceptors (Lipinski definition) is 2. The quantitative estimate of drug-likeness (QED) is 0.707. The zero-order valence-corrected chi connectivity index (χ0v) is 8.87. The van der Waals surface area contributed by atoms with Gasteiger partial charge in [-0.05, 0) is 23.8 Å². The summed E-state index contributed by atoms with van der Waals surface area (Å²) in [6.45, 7) is 0. The minimum atomic E-state index is -0.328. The molecule has 0 bridgehead atoms. The summed E-state index contributed by atoms with van der Waals surface area (Å²) in [6.07, 6.45) is 1.51. The molecule has 0 saturated heterocycles. The smallest absolute Gasteiger partial charge is 0.146 e. The lowest BCUT2D eigenvalue weighted by atomic mass is 10.1. The Hall–Kier alpha value is -1.92. The Labute approximate surface area is 96.9 Å². The molecule has 0 aliphatic rings. The molecule has 1 heterocycles. The van der Waals surface area contributed by atoms with Gasteiger partial charge in [0.2, 0.25) is 0 Å². The van der Waals surface area contributed by atoms with Crippen molar-refractivity contribution >= 4 is 11.6 Å². The van der Waals surface area contributed by atoms with Crippen molar-refractivity contribution in [1.29, 1.82) is 5.26 Å². The molecule has 0 amide bonds. The van der Waals surface area contributed by atoms with Crippen LogP contribution in [0, 0.1) is 17.1 Å². The van der Waals surface area contributed by atoms with Crippen LogP contribution in [0.5, 0.6) is 0 Å². The van der Waals surface area contributed by atoms with Crippen LogP contribution in [0.25, 0.3) is 11.1 Å². The van der Waals surface area contributed by atoms with Gasteiger partial charge in [-0.1, -0.05) is 23.7 Å². The van der Waals surface area contributed by atoms with Gasteiger partial charge in [0.25, 0.3) is 0 Å². The molecule has 2 nitrogen and oxygen atoms in total. The molecule has 2 aromatic rings. The third kappa shape index (κ3) is 2.02. The van der Waals surface area contributed by atoms with Crippen molar-refractivity contribution in [2.45, 2.75) is 0 Å². The Morgan fingerprint density at radius 2 is 2.06 bits per heavy atom. The Bertz CT molecular complexity index is 575. The van der Waals surface area contributed by atoms with Crippen LogP contribution in [-0.4, -0.2) is 4.98 Å². The highest BCUT2D eigenvalue weighted by molar-refractivity contribution is 6.30. The molecule has 0 radical (unpaired) electrons. The highest BCUT2D eigenvalue weighted by Gasteiger charge is 2.05. The van der Waals surface area contributed by atoms with E-state index in [0.717, 1.165) is 0 Å². The minimum absolute atomic E-state index is 0.155. The normalized spacial score (nSPS) is 9.81. The summed E-state index contributed by atoms with van der Waals surface area (Å²) >= 11 is 5.71. The summed E-state index contributed by atoms with van der Waals surface area (Å²) in [5, 5.41) is 8.95. The molecular weight excluding hydrogens is 227 g/mol. The number of pyridine rings is 1. The Morgan fingerprint density at radius 3 is 2.75 bits per heavy atom. The standard InChI is InChI=1S/C12H6ClFN2/c13-12-9(6-15)4-10(7-16-12)8-2-1-3-11(14)5-8/h1-5,7H. The predicted octanol–water partition coefficient (Wildman–Crippen LogP) is 3.41. The van der Waals surface area contributed by atoms with Crippen LogP contribution in [0.1, 0.15) is 5.56 Å². The van der Waals surface area contributed by atoms with E-state index in [2.05, 4.69) is 4.98 Å². The number of aromatic nitrogens is 1. The van der Waals surface area contributed by atoms with Crippen LogP contribution in [0.4, 0.5) is 4.39 Å². The first kappa shape index (κ1) is 10.6.